The van der Waals surface area contributed by atoms with Gasteiger partial charge in [-0.15, -0.1) is 0 Å². The van der Waals surface area contributed by atoms with E-state index >= 15 is 0 Å². The predicted molar refractivity (Wildman–Crippen MR) is 79.0 cm³/mol. The van der Waals surface area contributed by atoms with Crippen LogP contribution in [0.2, 0.25) is 5.02 Å². The third-order valence-electron chi connectivity index (χ3n) is 3.57. The zero-order valence-corrected chi connectivity index (χ0v) is 12.7. The fraction of sp³-hybridized carbons (Fsp3) is 0.571. The number of rotatable bonds is 4. The number of halogens is 2. The molecule has 0 amide bonds. The van der Waals surface area contributed by atoms with Crippen LogP contribution in [0.4, 0.5) is 0 Å². The lowest BCUT2D eigenvalue weighted by atomic mass is 9.94. The second-order valence-electron chi connectivity index (χ2n) is 4.91. The molecule has 0 aromatic heterocycles. The van der Waals surface area contributed by atoms with Gasteiger partial charge in [0.05, 0.1) is 17.7 Å². The number of hydrogen-bond acceptors (Lipinski definition) is 2. The van der Waals surface area contributed by atoms with Crippen LogP contribution >= 0.6 is 27.5 Å². The Hall–Kier alpha value is -0.0900. The van der Waals surface area contributed by atoms with Crippen molar-refractivity contribution in [3.05, 3.63) is 33.3 Å². The van der Waals surface area contributed by atoms with Gasteiger partial charge in [0.2, 0.25) is 0 Å². The molecule has 1 fully saturated rings. The Morgan fingerprint density at radius 1 is 1.33 bits per heavy atom. The van der Waals surface area contributed by atoms with Crippen molar-refractivity contribution in [2.24, 2.45) is 0 Å². The molecule has 1 aromatic carbocycles. The Morgan fingerprint density at radius 3 is 2.67 bits per heavy atom. The summed E-state index contributed by atoms with van der Waals surface area (Å²) in [5.41, 5.74) is 1.05. The Morgan fingerprint density at radius 2 is 2.06 bits per heavy atom. The van der Waals surface area contributed by atoms with E-state index in [-0.39, 0.29) is 12.6 Å². The van der Waals surface area contributed by atoms with Gasteiger partial charge in [-0.1, -0.05) is 36.9 Å². The SMILES string of the molecule is OCC(NC1CCCCC1)c1ccc(Br)c(Cl)c1. The first-order chi connectivity index (χ1) is 8.70. The number of hydrogen-bond donors (Lipinski definition) is 2. The molecule has 0 bridgehead atoms. The first-order valence-electron chi connectivity index (χ1n) is 6.52. The molecule has 0 spiro atoms. The summed E-state index contributed by atoms with van der Waals surface area (Å²) >= 11 is 9.49. The molecule has 1 aromatic rings. The lowest BCUT2D eigenvalue weighted by Crippen LogP contribution is -2.36. The lowest BCUT2D eigenvalue weighted by Gasteiger charge is -2.28. The molecule has 2 nitrogen and oxygen atoms in total. The van der Waals surface area contributed by atoms with E-state index in [9.17, 15) is 5.11 Å². The molecule has 1 aliphatic carbocycles. The molecule has 0 heterocycles. The average Bonchev–Trinajstić information content (AvgIpc) is 2.40. The first-order valence-corrected chi connectivity index (χ1v) is 7.69. The normalized spacial score (nSPS) is 18.8. The summed E-state index contributed by atoms with van der Waals surface area (Å²) in [6, 6.07) is 6.37. The zero-order chi connectivity index (χ0) is 13.0. The second-order valence-corrected chi connectivity index (χ2v) is 6.17. The maximum atomic E-state index is 9.55. The van der Waals surface area contributed by atoms with Crippen LogP contribution in [0.5, 0.6) is 0 Å². The minimum atomic E-state index is -0.0151. The van der Waals surface area contributed by atoms with Crippen LogP contribution in [0.15, 0.2) is 22.7 Å². The number of benzene rings is 1. The molecular weight excluding hydrogens is 314 g/mol. The molecule has 2 N–H and O–H groups in total. The smallest absolute Gasteiger partial charge is 0.0626 e. The highest BCUT2D eigenvalue weighted by Crippen LogP contribution is 2.27. The summed E-state index contributed by atoms with van der Waals surface area (Å²) in [5.74, 6) is 0. The Bertz CT molecular complexity index is 393. The van der Waals surface area contributed by atoms with Gasteiger partial charge in [-0.3, -0.25) is 0 Å². The van der Waals surface area contributed by atoms with E-state index in [1.807, 2.05) is 18.2 Å². The molecular formula is C14H19BrClNO. The van der Waals surface area contributed by atoms with Gasteiger partial charge >= 0.3 is 0 Å². The number of aliphatic hydroxyl groups is 1. The molecule has 2 rings (SSSR count). The van der Waals surface area contributed by atoms with E-state index in [4.69, 9.17) is 11.6 Å². The summed E-state index contributed by atoms with van der Waals surface area (Å²) in [4.78, 5) is 0. The van der Waals surface area contributed by atoms with Crippen molar-refractivity contribution in [3.63, 3.8) is 0 Å². The summed E-state index contributed by atoms with van der Waals surface area (Å²) in [6.45, 7) is 0.106. The van der Waals surface area contributed by atoms with Gasteiger partial charge in [-0.2, -0.15) is 0 Å². The van der Waals surface area contributed by atoms with Crippen molar-refractivity contribution in [2.75, 3.05) is 6.61 Å². The molecule has 1 unspecified atom stereocenters. The lowest BCUT2D eigenvalue weighted by molar-refractivity contribution is 0.220. The molecule has 1 aliphatic rings. The molecule has 0 aliphatic heterocycles. The zero-order valence-electron chi connectivity index (χ0n) is 10.3. The molecule has 100 valence electrons. The van der Waals surface area contributed by atoms with Gasteiger partial charge in [0.25, 0.3) is 0 Å². The topological polar surface area (TPSA) is 32.3 Å². The largest absolute Gasteiger partial charge is 0.394 e. The van der Waals surface area contributed by atoms with E-state index in [0.717, 1.165) is 10.0 Å². The highest BCUT2D eigenvalue weighted by molar-refractivity contribution is 9.10. The van der Waals surface area contributed by atoms with Crippen molar-refractivity contribution in [3.8, 4) is 0 Å². The van der Waals surface area contributed by atoms with E-state index in [2.05, 4.69) is 21.2 Å². The van der Waals surface area contributed by atoms with E-state index in [0.29, 0.717) is 11.1 Å². The summed E-state index contributed by atoms with van der Waals surface area (Å²) < 4.78 is 0.891. The van der Waals surface area contributed by atoms with Crippen molar-refractivity contribution in [1.82, 2.24) is 5.32 Å². The third kappa shape index (κ3) is 3.70. The summed E-state index contributed by atoms with van der Waals surface area (Å²) in [5, 5.41) is 13.8. The molecule has 18 heavy (non-hydrogen) atoms. The van der Waals surface area contributed by atoms with Crippen LogP contribution in [-0.4, -0.2) is 17.8 Å². The maximum Gasteiger partial charge on any atom is 0.0626 e. The Balaban J connectivity index is 2.04. The molecule has 4 heteroatoms. The fourth-order valence-electron chi connectivity index (χ4n) is 2.54. The summed E-state index contributed by atoms with van der Waals surface area (Å²) in [7, 11) is 0. The van der Waals surface area contributed by atoms with Gasteiger partial charge in [0, 0.05) is 10.5 Å². The summed E-state index contributed by atoms with van der Waals surface area (Å²) in [6.07, 6.45) is 6.33. The highest BCUT2D eigenvalue weighted by Gasteiger charge is 2.19. The highest BCUT2D eigenvalue weighted by atomic mass is 79.9. The number of nitrogens with one attached hydrogen (secondary N) is 1. The minimum Gasteiger partial charge on any atom is -0.394 e. The standard InChI is InChI=1S/C14H19BrClNO/c15-12-7-6-10(8-13(12)16)14(9-18)17-11-4-2-1-3-5-11/h6-8,11,14,17-18H,1-5,9H2. The van der Waals surface area contributed by atoms with E-state index < -0.39 is 0 Å². The Kier molecular flexibility index (Phi) is 5.49. The van der Waals surface area contributed by atoms with Gasteiger partial charge in [-0.25, -0.2) is 0 Å². The van der Waals surface area contributed by atoms with E-state index in [1.54, 1.807) is 0 Å². The maximum absolute atomic E-state index is 9.55. The van der Waals surface area contributed by atoms with Crippen molar-refractivity contribution in [2.45, 2.75) is 44.2 Å². The van der Waals surface area contributed by atoms with Gasteiger partial charge in [0.15, 0.2) is 0 Å². The van der Waals surface area contributed by atoms with Crippen LogP contribution in [0.3, 0.4) is 0 Å². The molecule has 0 saturated heterocycles. The van der Waals surface area contributed by atoms with Gasteiger partial charge in [-0.05, 0) is 46.5 Å². The fourth-order valence-corrected chi connectivity index (χ4v) is 2.97. The van der Waals surface area contributed by atoms with Crippen LogP contribution in [0.25, 0.3) is 0 Å². The average molecular weight is 333 g/mol. The van der Waals surface area contributed by atoms with E-state index in [1.165, 1.54) is 32.1 Å². The van der Waals surface area contributed by atoms with Crippen molar-refractivity contribution < 1.29 is 5.11 Å². The molecule has 0 radical (unpaired) electrons. The second kappa shape index (κ2) is 6.90. The molecule has 1 saturated carbocycles. The third-order valence-corrected chi connectivity index (χ3v) is 4.80. The Labute approximate surface area is 122 Å². The van der Waals surface area contributed by atoms with Crippen LogP contribution in [-0.2, 0) is 0 Å². The molecule has 1 atom stereocenters. The van der Waals surface area contributed by atoms with Crippen molar-refractivity contribution >= 4 is 27.5 Å². The monoisotopic (exact) mass is 331 g/mol. The quantitative estimate of drug-likeness (QED) is 0.871. The first kappa shape index (κ1) is 14.3. The number of aliphatic hydroxyl groups excluding tert-OH is 1. The van der Waals surface area contributed by atoms with Gasteiger partial charge in [0.1, 0.15) is 0 Å². The van der Waals surface area contributed by atoms with Crippen LogP contribution in [0.1, 0.15) is 43.7 Å². The van der Waals surface area contributed by atoms with Crippen LogP contribution < -0.4 is 5.32 Å². The minimum absolute atomic E-state index is 0.0151. The van der Waals surface area contributed by atoms with Gasteiger partial charge < -0.3 is 10.4 Å². The van der Waals surface area contributed by atoms with Crippen molar-refractivity contribution in [1.29, 1.82) is 0 Å². The van der Waals surface area contributed by atoms with Crippen LogP contribution in [0, 0.1) is 0 Å². The predicted octanol–water partition coefficient (Wildman–Crippen LogP) is 4.06.